The first-order valence-electron chi connectivity index (χ1n) is 5.49. The zero-order valence-corrected chi connectivity index (χ0v) is 10.0. The molecule has 2 unspecified atom stereocenters. The van der Waals surface area contributed by atoms with Crippen LogP contribution in [0.25, 0.3) is 0 Å². The van der Waals surface area contributed by atoms with E-state index in [2.05, 4.69) is 19.2 Å². The fourth-order valence-electron chi connectivity index (χ4n) is 1.81. The van der Waals surface area contributed by atoms with Crippen LogP contribution in [0.1, 0.15) is 33.6 Å². The molecule has 1 amide bonds. The minimum atomic E-state index is -0.382. The summed E-state index contributed by atoms with van der Waals surface area (Å²) in [6.45, 7) is 6.88. The van der Waals surface area contributed by atoms with Crippen molar-refractivity contribution in [2.75, 3.05) is 13.7 Å². The van der Waals surface area contributed by atoms with Crippen LogP contribution in [0.15, 0.2) is 0 Å². The van der Waals surface area contributed by atoms with E-state index >= 15 is 0 Å². The van der Waals surface area contributed by atoms with Crippen LogP contribution in [0.2, 0.25) is 0 Å². The van der Waals surface area contributed by atoms with E-state index in [-0.39, 0.29) is 17.8 Å². The van der Waals surface area contributed by atoms with E-state index in [4.69, 9.17) is 9.47 Å². The summed E-state index contributed by atoms with van der Waals surface area (Å²) in [5.74, 6) is 0.456. The highest BCUT2D eigenvalue weighted by Gasteiger charge is 2.37. The Balaban J connectivity index is 2.56. The molecule has 1 saturated heterocycles. The Morgan fingerprint density at radius 1 is 1.60 bits per heavy atom. The van der Waals surface area contributed by atoms with Gasteiger partial charge in [0.1, 0.15) is 5.60 Å². The van der Waals surface area contributed by atoms with Gasteiger partial charge < -0.3 is 14.8 Å². The lowest BCUT2D eigenvalue weighted by molar-refractivity contribution is -0.110. The maximum absolute atomic E-state index is 11.2. The van der Waals surface area contributed by atoms with Crippen molar-refractivity contribution in [3.05, 3.63) is 0 Å². The molecule has 1 fully saturated rings. The summed E-state index contributed by atoms with van der Waals surface area (Å²) in [5, 5.41) is 2.48. The number of carbonyl (C=O) groups excluding carboxylic acids is 1. The zero-order chi connectivity index (χ0) is 11.5. The van der Waals surface area contributed by atoms with E-state index in [0.717, 1.165) is 12.8 Å². The molecule has 0 aliphatic carbocycles. The van der Waals surface area contributed by atoms with Gasteiger partial charge in [0.2, 0.25) is 0 Å². The van der Waals surface area contributed by atoms with Crippen molar-refractivity contribution in [3.8, 4) is 0 Å². The first-order chi connectivity index (χ1) is 6.97. The summed E-state index contributed by atoms with van der Waals surface area (Å²) in [4.78, 5) is 11.2. The van der Waals surface area contributed by atoms with Gasteiger partial charge in [-0.25, -0.2) is 4.79 Å². The van der Waals surface area contributed by atoms with E-state index in [9.17, 15) is 4.79 Å². The average molecular weight is 215 g/mol. The maximum atomic E-state index is 11.2. The first kappa shape index (κ1) is 12.3. The molecule has 4 nitrogen and oxygen atoms in total. The number of nitrogens with one attached hydrogen (secondary N) is 1. The molecule has 0 saturated carbocycles. The quantitative estimate of drug-likeness (QED) is 0.765. The van der Waals surface area contributed by atoms with Gasteiger partial charge in [-0.1, -0.05) is 13.8 Å². The van der Waals surface area contributed by atoms with Crippen LogP contribution < -0.4 is 5.32 Å². The van der Waals surface area contributed by atoms with Gasteiger partial charge in [-0.15, -0.1) is 0 Å². The fraction of sp³-hybridized carbons (Fsp3) is 0.909. The Kier molecular flexibility index (Phi) is 3.97. The number of hydrogen-bond donors (Lipinski definition) is 1. The van der Waals surface area contributed by atoms with Crippen LogP contribution in [-0.2, 0) is 9.47 Å². The van der Waals surface area contributed by atoms with Crippen molar-refractivity contribution in [2.45, 2.75) is 45.3 Å². The average Bonchev–Trinajstić information content (AvgIpc) is 2.17. The van der Waals surface area contributed by atoms with Crippen LogP contribution in [0.4, 0.5) is 4.79 Å². The predicted octanol–water partition coefficient (Wildman–Crippen LogP) is 1.94. The SMILES string of the molecule is CNC(=O)OC1(C)CCOC(C(C)C)C1. The van der Waals surface area contributed by atoms with E-state index in [1.165, 1.54) is 0 Å². The molecule has 0 aromatic carbocycles. The Morgan fingerprint density at radius 2 is 2.27 bits per heavy atom. The Morgan fingerprint density at radius 3 is 2.80 bits per heavy atom. The molecular weight excluding hydrogens is 194 g/mol. The molecule has 1 heterocycles. The van der Waals surface area contributed by atoms with Crippen molar-refractivity contribution in [1.82, 2.24) is 5.32 Å². The second kappa shape index (κ2) is 4.84. The summed E-state index contributed by atoms with van der Waals surface area (Å²) in [6.07, 6.45) is 1.37. The lowest BCUT2D eigenvalue weighted by Gasteiger charge is -2.38. The number of alkyl carbamates (subject to hydrolysis) is 1. The minimum absolute atomic E-state index is 0.188. The van der Waals surface area contributed by atoms with Crippen molar-refractivity contribution < 1.29 is 14.3 Å². The van der Waals surface area contributed by atoms with Crippen LogP contribution >= 0.6 is 0 Å². The molecule has 1 aliphatic rings. The molecule has 1 N–H and O–H groups in total. The third kappa shape index (κ3) is 3.38. The summed E-state index contributed by atoms with van der Waals surface area (Å²) >= 11 is 0. The third-order valence-corrected chi connectivity index (χ3v) is 2.88. The topological polar surface area (TPSA) is 47.6 Å². The van der Waals surface area contributed by atoms with E-state index < -0.39 is 0 Å². The normalized spacial score (nSPS) is 31.4. The van der Waals surface area contributed by atoms with Crippen molar-refractivity contribution in [2.24, 2.45) is 5.92 Å². The van der Waals surface area contributed by atoms with E-state index in [1.807, 2.05) is 6.92 Å². The molecular formula is C11H21NO3. The van der Waals surface area contributed by atoms with Gasteiger partial charge >= 0.3 is 6.09 Å². The third-order valence-electron chi connectivity index (χ3n) is 2.88. The van der Waals surface area contributed by atoms with Gasteiger partial charge in [0.05, 0.1) is 12.7 Å². The number of amides is 1. The van der Waals surface area contributed by atoms with Gasteiger partial charge in [-0.2, -0.15) is 0 Å². The fourth-order valence-corrected chi connectivity index (χ4v) is 1.81. The zero-order valence-electron chi connectivity index (χ0n) is 10.0. The molecule has 0 aromatic rings. The molecule has 88 valence electrons. The van der Waals surface area contributed by atoms with Crippen LogP contribution in [0, 0.1) is 5.92 Å². The van der Waals surface area contributed by atoms with Crippen LogP contribution in [0.3, 0.4) is 0 Å². The highest BCUT2D eigenvalue weighted by atomic mass is 16.6. The van der Waals surface area contributed by atoms with E-state index in [0.29, 0.717) is 12.5 Å². The molecule has 4 heteroatoms. The number of rotatable bonds is 2. The lowest BCUT2D eigenvalue weighted by atomic mass is 9.87. The predicted molar refractivity (Wildman–Crippen MR) is 57.8 cm³/mol. The summed E-state index contributed by atoms with van der Waals surface area (Å²) in [7, 11) is 1.57. The standard InChI is InChI=1S/C11H21NO3/c1-8(2)9-7-11(3,5-6-14-9)15-10(13)12-4/h8-9H,5-7H2,1-4H3,(H,12,13). The number of ether oxygens (including phenoxy) is 2. The van der Waals surface area contributed by atoms with E-state index in [1.54, 1.807) is 7.05 Å². The molecule has 15 heavy (non-hydrogen) atoms. The monoisotopic (exact) mass is 215 g/mol. The van der Waals surface area contributed by atoms with Gasteiger partial charge in [-0.05, 0) is 12.8 Å². The Bertz CT molecular complexity index is 230. The number of hydrogen-bond acceptors (Lipinski definition) is 3. The highest BCUT2D eigenvalue weighted by molar-refractivity contribution is 5.67. The summed E-state index contributed by atoms with van der Waals surface area (Å²) < 4.78 is 11.0. The van der Waals surface area contributed by atoms with Crippen LogP contribution in [-0.4, -0.2) is 31.5 Å². The Hall–Kier alpha value is -0.770. The smallest absolute Gasteiger partial charge is 0.407 e. The highest BCUT2D eigenvalue weighted by Crippen LogP contribution is 2.31. The second-order valence-electron chi connectivity index (χ2n) is 4.70. The first-order valence-corrected chi connectivity index (χ1v) is 5.49. The largest absolute Gasteiger partial charge is 0.443 e. The Labute approximate surface area is 91.3 Å². The summed E-state index contributed by atoms with van der Waals surface area (Å²) in [5.41, 5.74) is -0.382. The molecule has 0 spiro atoms. The molecule has 1 aliphatic heterocycles. The molecule has 0 aromatic heterocycles. The minimum Gasteiger partial charge on any atom is -0.443 e. The molecule has 1 rings (SSSR count). The van der Waals surface area contributed by atoms with Gasteiger partial charge in [0, 0.05) is 19.9 Å². The molecule has 0 bridgehead atoms. The van der Waals surface area contributed by atoms with Crippen LogP contribution in [0.5, 0.6) is 0 Å². The number of carbonyl (C=O) groups is 1. The van der Waals surface area contributed by atoms with Gasteiger partial charge in [0.25, 0.3) is 0 Å². The van der Waals surface area contributed by atoms with Crippen molar-refractivity contribution in [3.63, 3.8) is 0 Å². The van der Waals surface area contributed by atoms with Gasteiger partial charge in [-0.3, -0.25) is 0 Å². The maximum Gasteiger partial charge on any atom is 0.407 e. The van der Waals surface area contributed by atoms with Crippen molar-refractivity contribution in [1.29, 1.82) is 0 Å². The van der Waals surface area contributed by atoms with Crippen molar-refractivity contribution >= 4 is 6.09 Å². The second-order valence-corrected chi connectivity index (χ2v) is 4.70. The van der Waals surface area contributed by atoms with Gasteiger partial charge in [0.15, 0.2) is 0 Å². The summed E-state index contributed by atoms with van der Waals surface area (Å²) in [6, 6.07) is 0. The lowest BCUT2D eigenvalue weighted by Crippen LogP contribution is -2.45. The molecule has 0 radical (unpaired) electrons. The molecule has 2 atom stereocenters.